The highest BCUT2D eigenvalue weighted by Crippen LogP contribution is 2.38. The molecule has 1 saturated heterocycles. The summed E-state index contributed by atoms with van der Waals surface area (Å²) in [5.41, 5.74) is 0.464. The highest BCUT2D eigenvalue weighted by molar-refractivity contribution is 5.73. The summed E-state index contributed by atoms with van der Waals surface area (Å²) < 4.78 is 0. The molecule has 1 aliphatic rings. The Morgan fingerprint density at radius 1 is 1.24 bits per heavy atom. The summed E-state index contributed by atoms with van der Waals surface area (Å²) in [4.78, 5) is 13.4. The number of aliphatic carboxylic acids is 1. The van der Waals surface area contributed by atoms with Gasteiger partial charge in [0.05, 0.1) is 0 Å². The number of hydrogen-bond acceptors (Lipinski definition) is 2. The van der Waals surface area contributed by atoms with E-state index >= 15 is 0 Å². The van der Waals surface area contributed by atoms with Crippen LogP contribution in [0.5, 0.6) is 0 Å². The summed E-state index contributed by atoms with van der Waals surface area (Å²) in [6, 6.07) is -0.278. The minimum absolute atomic E-state index is 0.278. The van der Waals surface area contributed by atoms with E-state index in [1.54, 1.807) is 0 Å². The van der Waals surface area contributed by atoms with Gasteiger partial charge in [-0.1, -0.05) is 33.6 Å². The zero-order valence-electron chi connectivity index (χ0n) is 11.5. The van der Waals surface area contributed by atoms with Crippen LogP contribution in [0.1, 0.15) is 59.3 Å². The second kappa shape index (κ2) is 6.39. The maximum atomic E-state index is 11.2. The highest BCUT2D eigenvalue weighted by atomic mass is 16.4. The molecular weight excluding hydrogens is 214 g/mol. The van der Waals surface area contributed by atoms with Crippen LogP contribution in [0.25, 0.3) is 0 Å². The number of rotatable bonds is 5. The van der Waals surface area contributed by atoms with Crippen LogP contribution in [-0.4, -0.2) is 35.1 Å². The molecule has 0 aromatic carbocycles. The molecule has 0 radical (unpaired) electrons. The fourth-order valence-corrected chi connectivity index (χ4v) is 3.13. The predicted molar refractivity (Wildman–Crippen MR) is 70.2 cm³/mol. The van der Waals surface area contributed by atoms with Gasteiger partial charge >= 0.3 is 5.97 Å². The number of hydrogen-bond donors (Lipinski definition) is 1. The lowest BCUT2D eigenvalue weighted by atomic mass is 9.76. The monoisotopic (exact) mass is 241 g/mol. The molecule has 100 valence electrons. The van der Waals surface area contributed by atoms with E-state index in [1.165, 1.54) is 19.3 Å². The first-order valence-corrected chi connectivity index (χ1v) is 7.05. The number of carbonyl (C=O) groups is 1. The Labute approximate surface area is 105 Å². The number of carboxylic acid groups (broad SMARTS) is 1. The molecule has 1 atom stereocenters. The van der Waals surface area contributed by atoms with Crippen molar-refractivity contribution in [3.05, 3.63) is 0 Å². The van der Waals surface area contributed by atoms with Crippen LogP contribution in [0.4, 0.5) is 0 Å². The molecule has 0 saturated carbocycles. The van der Waals surface area contributed by atoms with Crippen molar-refractivity contribution in [3.8, 4) is 0 Å². The van der Waals surface area contributed by atoms with E-state index in [4.69, 9.17) is 0 Å². The molecule has 1 aliphatic heterocycles. The number of likely N-dealkylation sites (tertiary alicyclic amines) is 1. The summed E-state index contributed by atoms with van der Waals surface area (Å²) in [5, 5.41) is 9.22. The summed E-state index contributed by atoms with van der Waals surface area (Å²) in [5.74, 6) is -0.659. The van der Waals surface area contributed by atoms with Crippen LogP contribution in [0.3, 0.4) is 0 Å². The van der Waals surface area contributed by atoms with Crippen LogP contribution in [-0.2, 0) is 4.79 Å². The molecule has 0 amide bonds. The van der Waals surface area contributed by atoms with E-state index in [1.807, 2.05) is 6.92 Å². The van der Waals surface area contributed by atoms with Crippen molar-refractivity contribution in [2.45, 2.75) is 65.3 Å². The smallest absolute Gasteiger partial charge is 0.320 e. The van der Waals surface area contributed by atoms with E-state index in [2.05, 4.69) is 18.7 Å². The van der Waals surface area contributed by atoms with Gasteiger partial charge in [-0.25, -0.2) is 0 Å². The molecule has 0 aliphatic carbocycles. The SMILES string of the molecule is CCC(C(=O)O)N1CCCC(CC)(CC)CC1. The van der Waals surface area contributed by atoms with Crippen LogP contribution < -0.4 is 0 Å². The average molecular weight is 241 g/mol. The van der Waals surface area contributed by atoms with Gasteiger partial charge in [0, 0.05) is 0 Å². The Morgan fingerprint density at radius 3 is 2.35 bits per heavy atom. The van der Waals surface area contributed by atoms with Crippen molar-refractivity contribution < 1.29 is 9.90 Å². The summed E-state index contributed by atoms with van der Waals surface area (Å²) in [6.45, 7) is 8.41. The van der Waals surface area contributed by atoms with E-state index in [-0.39, 0.29) is 6.04 Å². The van der Waals surface area contributed by atoms with Crippen molar-refractivity contribution >= 4 is 5.97 Å². The second-order valence-electron chi connectivity index (χ2n) is 5.36. The van der Waals surface area contributed by atoms with Crippen LogP contribution >= 0.6 is 0 Å². The maximum absolute atomic E-state index is 11.2. The van der Waals surface area contributed by atoms with E-state index in [0.29, 0.717) is 11.8 Å². The molecule has 1 rings (SSSR count). The van der Waals surface area contributed by atoms with E-state index in [0.717, 1.165) is 25.9 Å². The minimum Gasteiger partial charge on any atom is -0.480 e. The Hall–Kier alpha value is -0.570. The predicted octanol–water partition coefficient (Wildman–Crippen LogP) is 3.14. The van der Waals surface area contributed by atoms with E-state index < -0.39 is 5.97 Å². The molecule has 3 nitrogen and oxygen atoms in total. The topological polar surface area (TPSA) is 40.5 Å². The Morgan fingerprint density at radius 2 is 1.88 bits per heavy atom. The minimum atomic E-state index is -0.659. The quantitative estimate of drug-likeness (QED) is 0.804. The van der Waals surface area contributed by atoms with Gasteiger partial charge in [-0.15, -0.1) is 0 Å². The number of carboxylic acids is 1. The van der Waals surface area contributed by atoms with Gasteiger partial charge in [-0.05, 0) is 44.2 Å². The molecular formula is C14H27NO2. The molecule has 0 aromatic heterocycles. The van der Waals surface area contributed by atoms with Gasteiger partial charge in [0.2, 0.25) is 0 Å². The fraction of sp³-hybridized carbons (Fsp3) is 0.929. The molecule has 17 heavy (non-hydrogen) atoms. The van der Waals surface area contributed by atoms with Crippen molar-refractivity contribution in [2.24, 2.45) is 5.41 Å². The molecule has 1 heterocycles. The Kier molecular flexibility index (Phi) is 5.44. The fourth-order valence-electron chi connectivity index (χ4n) is 3.13. The third kappa shape index (κ3) is 3.44. The lowest BCUT2D eigenvalue weighted by molar-refractivity contribution is -0.143. The lowest BCUT2D eigenvalue weighted by Crippen LogP contribution is -2.41. The zero-order chi connectivity index (χ0) is 12.9. The van der Waals surface area contributed by atoms with Gasteiger partial charge in [-0.2, -0.15) is 0 Å². The van der Waals surface area contributed by atoms with Crippen molar-refractivity contribution in [2.75, 3.05) is 13.1 Å². The van der Waals surface area contributed by atoms with Gasteiger partial charge in [0.1, 0.15) is 6.04 Å². The summed E-state index contributed by atoms with van der Waals surface area (Å²) in [7, 11) is 0. The molecule has 0 spiro atoms. The molecule has 1 fully saturated rings. The highest BCUT2D eigenvalue weighted by Gasteiger charge is 2.32. The van der Waals surface area contributed by atoms with Gasteiger partial charge in [-0.3, -0.25) is 9.69 Å². The summed E-state index contributed by atoms with van der Waals surface area (Å²) >= 11 is 0. The Balaban J connectivity index is 2.66. The lowest BCUT2D eigenvalue weighted by Gasteiger charge is -2.31. The maximum Gasteiger partial charge on any atom is 0.320 e. The van der Waals surface area contributed by atoms with Gasteiger partial charge in [0.25, 0.3) is 0 Å². The molecule has 0 bridgehead atoms. The molecule has 3 heteroatoms. The first-order chi connectivity index (χ1) is 8.08. The standard InChI is InChI=1S/C14H27NO2/c1-4-12(13(16)17)15-10-7-8-14(5-2,6-3)9-11-15/h12H,4-11H2,1-3H3,(H,16,17). The van der Waals surface area contributed by atoms with Crippen molar-refractivity contribution in [3.63, 3.8) is 0 Å². The molecule has 1 unspecified atom stereocenters. The average Bonchev–Trinajstić information content (AvgIpc) is 2.53. The largest absolute Gasteiger partial charge is 0.480 e. The third-order valence-electron chi connectivity index (χ3n) is 4.69. The normalized spacial score (nSPS) is 23.0. The van der Waals surface area contributed by atoms with Crippen LogP contribution in [0, 0.1) is 5.41 Å². The second-order valence-corrected chi connectivity index (χ2v) is 5.36. The van der Waals surface area contributed by atoms with Crippen LogP contribution in [0.15, 0.2) is 0 Å². The first kappa shape index (κ1) is 14.5. The van der Waals surface area contributed by atoms with Crippen LogP contribution in [0.2, 0.25) is 0 Å². The Bertz CT molecular complexity index is 249. The number of nitrogens with zero attached hydrogens (tertiary/aromatic N) is 1. The van der Waals surface area contributed by atoms with E-state index in [9.17, 15) is 9.90 Å². The molecule has 1 N–H and O–H groups in total. The molecule has 0 aromatic rings. The van der Waals surface area contributed by atoms with Crippen molar-refractivity contribution in [1.82, 2.24) is 4.90 Å². The van der Waals surface area contributed by atoms with Gasteiger partial charge in [0.15, 0.2) is 0 Å². The van der Waals surface area contributed by atoms with Gasteiger partial charge < -0.3 is 5.11 Å². The summed E-state index contributed by atoms with van der Waals surface area (Å²) in [6.07, 6.45) is 6.71. The zero-order valence-corrected chi connectivity index (χ0v) is 11.5. The van der Waals surface area contributed by atoms with Crippen molar-refractivity contribution in [1.29, 1.82) is 0 Å². The first-order valence-electron chi connectivity index (χ1n) is 7.05. The third-order valence-corrected chi connectivity index (χ3v) is 4.69.